The van der Waals surface area contributed by atoms with Gasteiger partial charge in [0, 0.05) is 28.6 Å². The second-order valence-corrected chi connectivity index (χ2v) is 8.58. The largest absolute Gasteiger partial charge is 0.353 e. The van der Waals surface area contributed by atoms with Gasteiger partial charge in [0.2, 0.25) is 11.8 Å². The van der Waals surface area contributed by atoms with Crippen LogP contribution < -0.4 is 10.6 Å². The molecule has 0 bridgehead atoms. The SMILES string of the molecule is O=C(CN1CCC(NC(=O)C2CCCCC2)CC1)Nc1ccccc1I. The number of rotatable bonds is 5. The molecule has 0 atom stereocenters. The summed E-state index contributed by atoms with van der Waals surface area (Å²) in [4.78, 5) is 26.8. The Morgan fingerprint density at radius 1 is 1.04 bits per heavy atom. The van der Waals surface area contributed by atoms with Gasteiger partial charge in [0.05, 0.1) is 12.2 Å². The minimum atomic E-state index is 0.0267. The molecule has 2 N–H and O–H groups in total. The number of halogens is 1. The fourth-order valence-electron chi connectivity index (χ4n) is 3.87. The molecule has 0 radical (unpaired) electrons. The third-order valence-electron chi connectivity index (χ3n) is 5.43. The molecule has 2 amide bonds. The molecule has 1 saturated carbocycles. The summed E-state index contributed by atoms with van der Waals surface area (Å²) >= 11 is 2.23. The van der Waals surface area contributed by atoms with E-state index >= 15 is 0 Å². The zero-order valence-electron chi connectivity index (χ0n) is 15.2. The van der Waals surface area contributed by atoms with Gasteiger partial charge in [-0.1, -0.05) is 31.4 Å². The van der Waals surface area contributed by atoms with Gasteiger partial charge in [-0.2, -0.15) is 0 Å². The average molecular weight is 469 g/mol. The van der Waals surface area contributed by atoms with Crippen molar-refractivity contribution in [3.8, 4) is 0 Å². The third-order valence-corrected chi connectivity index (χ3v) is 6.37. The minimum Gasteiger partial charge on any atom is -0.353 e. The van der Waals surface area contributed by atoms with Crippen LogP contribution in [0.1, 0.15) is 44.9 Å². The highest BCUT2D eigenvalue weighted by atomic mass is 127. The number of nitrogens with zero attached hydrogens (tertiary/aromatic N) is 1. The highest BCUT2D eigenvalue weighted by molar-refractivity contribution is 14.1. The molecule has 0 aromatic heterocycles. The first-order valence-corrected chi connectivity index (χ1v) is 10.8. The van der Waals surface area contributed by atoms with Gasteiger partial charge >= 0.3 is 0 Å². The Hall–Kier alpha value is -1.15. The van der Waals surface area contributed by atoms with Gasteiger partial charge in [-0.05, 0) is 60.4 Å². The molecular formula is C20H28IN3O2. The maximum absolute atomic E-state index is 12.4. The van der Waals surface area contributed by atoms with Crippen LogP contribution in [0, 0.1) is 9.49 Å². The third kappa shape index (κ3) is 5.67. The number of piperidine rings is 1. The minimum absolute atomic E-state index is 0.0267. The Kier molecular flexibility index (Phi) is 7.31. The van der Waals surface area contributed by atoms with Gasteiger partial charge in [0.1, 0.15) is 0 Å². The molecule has 1 aliphatic heterocycles. The number of hydrogen-bond acceptors (Lipinski definition) is 3. The molecular weight excluding hydrogens is 441 g/mol. The van der Waals surface area contributed by atoms with Crippen LogP contribution in [-0.2, 0) is 9.59 Å². The van der Waals surface area contributed by atoms with Crippen LogP contribution in [0.5, 0.6) is 0 Å². The van der Waals surface area contributed by atoms with Crippen molar-refractivity contribution in [1.29, 1.82) is 0 Å². The van der Waals surface area contributed by atoms with Crippen molar-refractivity contribution in [1.82, 2.24) is 10.2 Å². The Morgan fingerprint density at radius 3 is 2.42 bits per heavy atom. The van der Waals surface area contributed by atoms with E-state index in [0.717, 1.165) is 48.0 Å². The molecule has 3 rings (SSSR count). The molecule has 5 nitrogen and oxygen atoms in total. The molecule has 0 spiro atoms. The maximum atomic E-state index is 12.4. The van der Waals surface area contributed by atoms with Crippen LogP contribution in [0.2, 0.25) is 0 Å². The van der Waals surface area contributed by atoms with Crippen molar-refractivity contribution < 1.29 is 9.59 Å². The highest BCUT2D eigenvalue weighted by Gasteiger charge is 2.26. The van der Waals surface area contributed by atoms with Crippen molar-refractivity contribution in [2.45, 2.75) is 51.0 Å². The van der Waals surface area contributed by atoms with Gasteiger partial charge < -0.3 is 10.6 Å². The number of amides is 2. The number of hydrogen-bond donors (Lipinski definition) is 2. The first kappa shape index (κ1) is 19.6. The second kappa shape index (κ2) is 9.69. The van der Waals surface area contributed by atoms with Gasteiger partial charge in [0.25, 0.3) is 0 Å². The van der Waals surface area contributed by atoms with Gasteiger partial charge in [-0.3, -0.25) is 14.5 Å². The second-order valence-electron chi connectivity index (χ2n) is 7.42. The molecule has 26 heavy (non-hydrogen) atoms. The van der Waals surface area contributed by atoms with Crippen molar-refractivity contribution >= 4 is 40.1 Å². The van der Waals surface area contributed by atoms with Crippen LogP contribution in [-0.4, -0.2) is 42.4 Å². The number of para-hydroxylation sites is 1. The summed E-state index contributed by atoms with van der Waals surface area (Å²) in [5, 5.41) is 6.23. The van der Waals surface area contributed by atoms with Crippen LogP contribution in [0.3, 0.4) is 0 Å². The fourth-order valence-corrected chi connectivity index (χ4v) is 4.40. The van der Waals surface area contributed by atoms with Crippen LogP contribution in [0.4, 0.5) is 5.69 Å². The summed E-state index contributed by atoms with van der Waals surface area (Å²) < 4.78 is 1.04. The summed E-state index contributed by atoms with van der Waals surface area (Å²) in [5.74, 6) is 0.499. The van der Waals surface area contributed by atoms with E-state index in [2.05, 4.69) is 38.1 Å². The van der Waals surface area contributed by atoms with E-state index in [-0.39, 0.29) is 23.8 Å². The fraction of sp³-hybridized carbons (Fsp3) is 0.600. The lowest BCUT2D eigenvalue weighted by Gasteiger charge is -2.33. The number of carbonyl (C=O) groups is 2. The van der Waals surface area contributed by atoms with Crippen molar-refractivity contribution in [3.63, 3.8) is 0 Å². The lowest BCUT2D eigenvalue weighted by Crippen LogP contribution is -2.48. The normalized spacial score (nSPS) is 19.9. The van der Waals surface area contributed by atoms with E-state index in [1.165, 1.54) is 19.3 Å². The predicted octanol–water partition coefficient (Wildman–Crippen LogP) is 3.39. The Balaban J connectivity index is 1.38. The van der Waals surface area contributed by atoms with Crippen LogP contribution in [0.15, 0.2) is 24.3 Å². The van der Waals surface area contributed by atoms with Crippen LogP contribution >= 0.6 is 22.6 Å². The molecule has 1 aromatic rings. The molecule has 2 aliphatic rings. The molecule has 1 aromatic carbocycles. The van der Waals surface area contributed by atoms with E-state index < -0.39 is 0 Å². The summed E-state index contributed by atoms with van der Waals surface area (Å²) in [7, 11) is 0. The van der Waals surface area contributed by atoms with Gasteiger partial charge in [-0.15, -0.1) is 0 Å². The predicted molar refractivity (Wildman–Crippen MR) is 112 cm³/mol. The van der Waals surface area contributed by atoms with E-state index in [1.807, 2.05) is 24.3 Å². The summed E-state index contributed by atoms with van der Waals surface area (Å²) in [6.45, 7) is 2.12. The topological polar surface area (TPSA) is 61.4 Å². The molecule has 1 aliphatic carbocycles. The number of nitrogens with one attached hydrogen (secondary N) is 2. The van der Waals surface area contributed by atoms with Gasteiger partial charge in [0.15, 0.2) is 0 Å². The standard InChI is InChI=1S/C20H28IN3O2/c21-17-8-4-5-9-18(17)23-19(25)14-24-12-10-16(11-13-24)22-20(26)15-6-2-1-3-7-15/h4-5,8-9,15-16H,1-3,6-7,10-14H2,(H,22,26)(H,23,25). The van der Waals surface area contributed by atoms with Crippen LogP contribution in [0.25, 0.3) is 0 Å². The van der Waals surface area contributed by atoms with E-state index in [0.29, 0.717) is 6.54 Å². The molecule has 1 saturated heterocycles. The Morgan fingerprint density at radius 2 is 1.73 bits per heavy atom. The summed E-state index contributed by atoms with van der Waals surface area (Å²) in [6.07, 6.45) is 7.58. The molecule has 1 heterocycles. The highest BCUT2D eigenvalue weighted by Crippen LogP contribution is 2.24. The number of anilines is 1. The molecule has 142 valence electrons. The monoisotopic (exact) mass is 469 g/mol. The van der Waals surface area contributed by atoms with E-state index in [9.17, 15) is 9.59 Å². The summed E-state index contributed by atoms with van der Waals surface area (Å²) in [6, 6.07) is 8.06. The lowest BCUT2D eigenvalue weighted by molar-refractivity contribution is -0.127. The van der Waals surface area contributed by atoms with E-state index in [4.69, 9.17) is 0 Å². The van der Waals surface area contributed by atoms with Crippen molar-refractivity contribution in [2.75, 3.05) is 25.0 Å². The quantitative estimate of drug-likeness (QED) is 0.651. The Labute approximate surface area is 169 Å². The summed E-state index contributed by atoms with van der Waals surface area (Å²) in [5.41, 5.74) is 0.868. The Bertz CT molecular complexity index is 623. The molecule has 6 heteroatoms. The van der Waals surface area contributed by atoms with Crippen molar-refractivity contribution in [3.05, 3.63) is 27.8 Å². The van der Waals surface area contributed by atoms with E-state index in [1.54, 1.807) is 0 Å². The maximum Gasteiger partial charge on any atom is 0.238 e. The number of carbonyl (C=O) groups excluding carboxylic acids is 2. The number of benzene rings is 1. The smallest absolute Gasteiger partial charge is 0.238 e. The zero-order valence-corrected chi connectivity index (χ0v) is 17.3. The molecule has 2 fully saturated rings. The zero-order chi connectivity index (χ0) is 18.4. The first-order valence-electron chi connectivity index (χ1n) is 9.69. The molecule has 0 unspecified atom stereocenters. The lowest BCUT2D eigenvalue weighted by atomic mass is 9.88. The van der Waals surface area contributed by atoms with Gasteiger partial charge in [-0.25, -0.2) is 0 Å². The number of likely N-dealkylation sites (tertiary alicyclic amines) is 1. The first-order chi connectivity index (χ1) is 12.6. The van der Waals surface area contributed by atoms with Crippen molar-refractivity contribution in [2.24, 2.45) is 5.92 Å². The average Bonchev–Trinajstić information content (AvgIpc) is 2.66.